The molecular formula is C17H25NO. The molecule has 0 bridgehead atoms. The van der Waals surface area contributed by atoms with Crippen LogP contribution in [0.3, 0.4) is 0 Å². The maximum Gasteiger partial charge on any atom is 0.109 e. The van der Waals surface area contributed by atoms with E-state index in [1.54, 1.807) is 0 Å². The van der Waals surface area contributed by atoms with Gasteiger partial charge in [-0.1, -0.05) is 37.3 Å². The normalized spacial score (nSPS) is 16.6. The highest BCUT2D eigenvalue weighted by atomic mass is 16.5. The first-order valence-electron chi connectivity index (χ1n) is 7.50. The highest BCUT2D eigenvalue weighted by Gasteiger charge is 2.16. The predicted molar refractivity (Wildman–Crippen MR) is 80.1 cm³/mol. The van der Waals surface area contributed by atoms with Gasteiger partial charge in [0, 0.05) is 0 Å². The van der Waals surface area contributed by atoms with Gasteiger partial charge in [0.2, 0.25) is 0 Å². The van der Waals surface area contributed by atoms with Crippen LogP contribution in [0.25, 0.3) is 0 Å². The maximum atomic E-state index is 5.79. The molecule has 0 spiro atoms. The molecular weight excluding hydrogens is 234 g/mol. The van der Waals surface area contributed by atoms with Crippen molar-refractivity contribution in [3.63, 3.8) is 0 Å². The Morgan fingerprint density at radius 3 is 2.79 bits per heavy atom. The Morgan fingerprint density at radius 2 is 2.11 bits per heavy atom. The number of likely N-dealkylation sites (N-methyl/N-ethyl adjacent to an activating group) is 1. The van der Waals surface area contributed by atoms with Gasteiger partial charge in [0.1, 0.15) is 5.76 Å². The van der Waals surface area contributed by atoms with E-state index in [0.717, 1.165) is 38.8 Å². The van der Waals surface area contributed by atoms with Gasteiger partial charge in [0.15, 0.2) is 0 Å². The Morgan fingerprint density at radius 1 is 1.26 bits per heavy atom. The topological polar surface area (TPSA) is 21.3 Å². The van der Waals surface area contributed by atoms with Gasteiger partial charge in [-0.05, 0) is 50.3 Å². The molecule has 0 saturated heterocycles. The van der Waals surface area contributed by atoms with Crippen molar-refractivity contribution in [2.24, 2.45) is 0 Å². The number of nitrogens with one attached hydrogen (secondary N) is 1. The molecule has 0 fully saturated rings. The minimum Gasteiger partial charge on any atom is -0.497 e. The zero-order chi connectivity index (χ0) is 13.3. The number of hydrogen-bond donors (Lipinski definition) is 1. The summed E-state index contributed by atoms with van der Waals surface area (Å²) in [5.41, 5.74) is 1.43. The van der Waals surface area contributed by atoms with E-state index in [2.05, 4.69) is 48.6 Å². The van der Waals surface area contributed by atoms with E-state index in [-0.39, 0.29) is 0 Å². The quantitative estimate of drug-likeness (QED) is 0.806. The Balaban J connectivity index is 1.81. The lowest BCUT2D eigenvalue weighted by atomic mass is 10.0. The molecule has 0 aromatic heterocycles. The number of ether oxygens (including phenoxy) is 1. The average molecular weight is 259 g/mol. The van der Waals surface area contributed by atoms with Gasteiger partial charge in [-0.2, -0.15) is 0 Å². The second kappa shape index (κ2) is 8.00. The monoisotopic (exact) mass is 259 g/mol. The van der Waals surface area contributed by atoms with E-state index in [9.17, 15) is 0 Å². The van der Waals surface area contributed by atoms with E-state index < -0.39 is 0 Å². The summed E-state index contributed by atoms with van der Waals surface area (Å²) in [6, 6.07) is 11.1. The Kier molecular flexibility index (Phi) is 5.96. The van der Waals surface area contributed by atoms with Crippen molar-refractivity contribution in [1.82, 2.24) is 5.32 Å². The van der Waals surface area contributed by atoms with Crippen LogP contribution in [-0.4, -0.2) is 19.2 Å². The summed E-state index contributed by atoms with van der Waals surface area (Å²) in [7, 11) is 0. The lowest BCUT2D eigenvalue weighted by molar-refractivity contribution is 0.165. The molecule has 104 valence electrons. The molecule has 1 aromatic carbocycles. The van der Waals surface area contributed by atoms with Gasteiger partial charge in [0.05, 0.1) is 12.6 Å². The van der Waals surface area contributed by atoms with Crippen molar-refractivity contribution in [3.05, 3.63) is 47.7 Å². The summed E-state index contributed by atoms with van der Waals surface area (Å²) in [6.07, 6.45) is 8.08. The molecule has 0 saturated carbocycles. The van der Waals surface area contributed by atoms with Crippen LogP contribution in [0, 0.1) is 0 Å². The van der Waals surface area contributed by atoms with E-state index in [1.165, 1.54) is 17.7 Å². The highest BCUT2D eigenvalue weighted by Crippen LogP contribution is 2.18. The van der Waals surface area contributed by atoms with Gasteiger partial charge < -0.3 is 10.1 Å². The standard InChI is InChI=1S/C17H25NO/c1-2-18-16(17-13-6-7-14-19-17)12-8-11-15-9-4-3-5-10-15/h3-5,9-10,13,16,18H,2,6-8,11-12,14H2,1H3. The first-order valence-corrected chi connectivity index (χ1v) is 7.50. The van der Waals surface area contributed by atoms with Crippen LogP contribution in [-0.2, 0) is 11.2 Å². The molecule has 1 heterocycles. The number of aryl methyl sites for hydroxylation is 1. The third-order valence-electron chi connectivity index (χ3n) is 3.56. The molecule has 1 aliphatic heterocycles. The van der Waals surface area contributed by atoms with Crippen molar-refractivity contribution in [3.8, 4) is 0 Å². The third kappa shape index (κ3) is 4.71. The van der Waals surface area contributed by atoms with Crippen molar-refractivity contribution in [2.75, 3.05) is 13.2 Å². The summed E-state index contributed by atoms with van der Waals surface area (Å²) in [4.78, 5) is 0. The summed E-state index contributed by atoms with van der Waals surface area (Å²) >= 11 is 0. The molecule has 1 aromatic rings. The molecule has 0 amide bonds. The van der Waals surface area contributed by atoms with E-state index in [0.29, 0.717) is 6.04 Å². The molecule has 1 aliphatic rings. The van der Waals surface area contributed by atoms with Crippen LogP contribution < -0.4 is 5.32 Å². The SMILES string of the molecule is CCNC(CCCc1ccccc1)C1=CCCCO1. The molecule has 0 aliphatic carbocycles. The van der Waals surface area contributed by atoms with Gasteiger partial charge >= 0.3 is 0 Å². The van der Waals surface area contributed by atoms with Gasteiger partial charge in [-0.25, -0.2) is 0 Å². The number of rotatable bonds is 7. The van der Waals surface area contributed by atoms with E-state index in [4.69, 9.17) is 4.74 Å². The van der Waals surface area contributed by atoms with Crippen LogP contribution in [0.1, 0.15) is 38.2 Å². The van der Waals surface area contributed by atoms with Crippen LogP contribution in [0.4, 0.5) is 0 Å². The highest BCUT2D eigenvalue weighted by molar-refractivity contribution is 5.15. The summed E-state index contributed by atoms with van der Waals surface area (Å²) in [5, 5.41) is 3.55. The number of allylic oxidation sites excluding steroid dienone is 1. The van der Waals surface area contributed by atoms with Gasteiger partial charge in [0.25, 0.3) is 0 Å². The van der Waals surface area contributed by atoms with Gasteiger partial charge in [-0.3, -0.25) is 0 Å². The fourth-order valence-electron chi connectivity index (χ4n) is 2.57. The lowest BCUT2D eigenvalue weighted by Crippen LogP contribution is -2.32. The van der Waals surface area contributed by atoms with Gasteiger partial charge in [-0.15, -0.1) is 0 Å². The summed E-state index contributed by atoms with van der Waals surface area (Å²) < 4.78 is 5.79. The minimum atomic E-state index is 0.397. The number of benzene rings is 1. The predicted octanol–water partition coefficient (Wildman–Crippen LogP) is 3.68. The summed E-state index contributed by atoms with van der Waals surface area (Å²) in [5.74, 6) is 1.17. The largest absolute Gasteiger partial charge is 0.497 e. The molecule has 19 heavy (non-hydrogen) atoms. The van der Waals surface area contributed by atoms with E-state index in [1.807, 2.05) is 0 Å². The average Bonchev–Trinajstić information content (AvgIpc) is 2.48. The van der Waals surface area contributed by atoms with Crippen LogP contribution >= 0.6 is 0 Å². The smallest absolute Gasteiger partial charge is 0.109 e. The summed E-state index contributed by atoms with van der Waals surface area (Å²) in [6.45, 7) is 4.04. The maximum absolute atomic E-state index is 5.79. The van der Waals surface area contributed by atoms with E-state index >= 15 is 0 Å². The molecule has 1 atom stereocenters. The Hall–Kier alpha value is -1.28. The zero-order valence-electron chi connectivity index (χ0n) is 11.9. The fourth-order valence-corrected chi connectivity index (χ4v) is 2.57. The molecule has 0 radical (unpaired) electrons. The van der Waals surface area contributed by atoms with Crippen molar-refractivity contribution in [2.45, 2.75) is 45.1 Å². The first-order chi connectivity index (χ1) is 9.40. The lowest BCUT2D eigenvalue weighted by Gasteiger charge is -2.24. The second-order valence-corrected chi connectivity index (χ2v) is 5.09. The van der Waals surface area contributed by atoms with Crippen LogP contribution in [0.2, 0.25) is 0 Å². The molecule has 2 nitrogen and oxygen atoms in total. The molecule has 2 rings (SSSR count). The second-order valence-electron chi connectivity index (χ2n) is 5.09. The zero-order valence-corrected chi connectivity index (χ0v) is 11.9. The minimum absolute atomic E-state index is 0.397. The number of hydrogen-bond acceptors (Lipinski definition) is 2. The molecule has 2 heteroatoms. The molecule has 1 N–H and O–H groups in total. The third-order valence-corrected chi connectivity index (χ3v) is 3.56. The molecule has 1 unspecified atom stereocenters. The van der Waals surface area contributed by atoms with Crippen molar-refractivity contribution < 1.29 is 4.74 Å². The fraction of sp³-hybridized carbons (Fsp3) is 0.529. The van der Waals surface area contributed by atoms with Crippen LogP contribution in [0.5, 0.6) is 0 Å². The van der Waals surface area contributed by atoms with Crippen molar-refractivity contribution in [1.29, 1.82) is 0 Å². The Labute approximate surface area is 116 Å². The van der Waals surface area contributed by atoms with Crippen molar-refractivity contribution >= 4 is 0 Å². The Bertz CT molecular complexity index is 386. The first kappa shape index (κ1) is 14.1. The van der Waals surface area contributed by atoms with Crippen LogP contribution in [0.15, 0.2) is 42.2 Å².